The van der Waals surface area contributed by atoms with Crippen LogP contribution in [-0.4, -0.2) is 24.9 Å². The first kappa shape index (κ1) is 26.6. The van der Waals surface area contributed by atoms with E-state index in [1.807, 2.05) is 60.7 Å². The number of fused-ring (bicyclic) bond motifs is 6. The zero-order valence-electron chi connectivity index (χ0n) is 25.6. The number of aromatic nitrogens is 5. The van der Waals surface area contributed by atoms with E-state index in [1.165, 1.54) is 38.9 Å². The summed E-state index contributed by atoms with van der Waals surface area (Å²) in [5.74, 6) is 1.99. The predicted molar refractivity (Wildman–Crippen MR) is 183 cm³/mol. The Morgan fingerprint density at radius 1 is 0.478 bits per heavy atom. The maximum absolute atomic E-state index is 4.99. The van der Waals surface area contributed by atoms with Gasteiger partial charge in [-0.1, -0.05) is 123 Å². The molecule has 0 saturated carbocycles. The van der Waals surface area contributed by atoms with Crippen molar-refractivity contribution >= 4 is 0 Å². The highest BCUT2D eigenvalue weighted by atomic mass is 15.0. The predicted octanol–water partition coefficient (Wildman–Crippen LogP) is 9.21. The van der Waals surface area contributed by atoms with E-state index < -0.39 is 0 Å². The van der Waals surface area contributed by atoms with Crippen LogP contribution in [0.15, 0.2) is 128 Å². The lowest BCUT2D eigenvalue weighted by Gasteiger charge is -2.22. The molecule has 9 rings (SSSR count). The van der Waals surface area contributed by atoms with Crippen molar-refractivity contribution < 1.29 is 0 Å². The van der Waals surface area contributed by atoms with Crippen LogP contribution in [0.5, 0.6) is 0 Å². The normalized spacial score (nSPS) is 13.5. The van der Waals surface area contributed by atoms with E-state index in [4.69, 9.17) is 19.9 Å². The van der Waals surface area contributed by atoms with Crippen LogP contribution in [0.25, 0.3) is 67.8 Å². The van der Waals surface area contributed by atoms with Gasteiger partial charge in [-0.15, -0.1) is 0 Å². The van der Waals surface area contributed by atoms with Gasteiger partial charge >= 0.3 is 0 Å². The lowest BCUT2D eigenvalue weighted by Crippen LogP contribution is -2.15. The average Bonchev–Trinajstić information content (AvgIpc) is 3.60. The zero-order chi connectivity index (χ0) is 30.8. The lowest BCUT2D eigenvalue weighted by molar-refractivity contribution is 0.660. The summed E-state index contributed by atoms with van der Waals surface area (Å²) in [6.45, 7) is 4.62. The molecule has 218 valence electrons. The zero-order valence-corrected chi connectivity index (χ0v) is 25.6. The van der Waals surface area contributed by atoms with Crippen molar-refractivity contribution in [3.05, 3.63) is 150 Å². The second-order valence-corrected chi connectivity index (χ2v) is 12.6. The number of rotatable bonds is 4. The fourth-order valence-corrected chi connectivity index (χ4v) is 7.12. The van der Waals surface area contributed by atoms with Gasteiger partial charge in [-0.05, 0) is 39.9 Å². The summed E-state index contributed by atoms with van der Waals surface area (Å²) in [6.07, 6.45) is 2.56. The molecule has 0 N–H and O–H groups in total. The van der Waals surface area contributed by atoms with Gasteiger partial charge in [-0.3, -0.25) is 0 Å². The molecule has 0 radical (unpaired) electrons. The van der Waals surface area contributed by atoms with Gasteiger partial charge in [0, 0.05) is 45.2 Å². The fraction of sp³-hybridized carbons (Fsp3) is 0.0976. The van der Waals surface area contributed by atoms with Crippen LogP contribution < -0.4 is 0 Å². The van der Waals surface area contributed by atoms with Crippen LogP contribution in [0.1, 0.15) is 36.1 Å². The summed E-state index contributed by atoms with van der Waals surface area (Å²) in [7, 11) is 0. The van der Waals surface area contributed by atoms with Crippen molar-refractivity contribution in [1.29, 1.82) is 0 Å². The van der Waals surface area contributed by atoms with E-state index in [-0.39, 0.29) is 5.41 Å². The fourth-order valence-electron chi connectivity index (χ4n) is 7.12. The summed E-state index contributed by atoms with van der Waals surface area (Å²) in [6, 6.07) is 42.2. The monoisotopic (exact) mass is 591 g/mol. The third kappa shape index (κ3) is 4.12. The minimum absolute atomic E-state index is 0.229. The second-order valence-electron chi connectivity index (χ2n) is 12.6. The maximum Gasteiger partial charge on any atom is 0.164 e. The Bertz CT molecular complexity index is 2250. The lowest BCUT2D eigenvalue weighted by atomic mass is 9.81. The third-order valence-electron chi connectivity index (χ3n) is 9.49. The van der Waals surface area contributed by atoms with Crippen LogP contribution in [-0.2, 0) is 11.8 Å². The third-order valence-corrected chi connectivity index (χ3v) is 9.49. The molecule has 2 heterocycles. The molecule has 2 aliphatic carbocycles. The maximum atomic E-state index is 4.99. The highest BCUT2D eigenvalue weighted by Crippen LogP contribution is 2.51. The summed E-state index contributed by atoms with van der Waals surface area (Å²) in [4.78, 5) is 24.4. The van der Waals surface area contributed by atoms with E-state index in [0.29, 0.717) is 17.5 Å². The molecule has 0 bridgehead atoms. The largest absolute Gasteiger partial charge is 0.236 e. The van der Waals surface area contributed by atoms with Crippen molar-refractivity contribution in [3.63, 3.8) is 0 Å². The van der Waals surface area contributed by atoms with Crippen molar-refractivity contribution in [2.75, 3.05) is 0 Å². The molecule has 0 amide bonds. The number of benzene rings is 5. The average molecular weight is 592 g/mol. The molecule has 2 aliphatic rings. The summed E-state index contributed by atoms with van der Waals surface area (Å²) in [5, 5.41) is 0. The molecule has 0 saturated heterocycles. The van der Waals surface area contributed by atoms with E-state index in [1.54, 1.807) is 6.33 Å². The molecule has 2 aromatic heterocycles. The van der Waals surface area contributed by atoms with Gasteiger partial charge in [0.2, 0.25) is 0 Å². The molecule has 0 unspecified atom stereocenters. The van der Waals surface area contributed by atoms with Gasteiger partial charge in [0.25, 0.3) is 0 Å². The standard InChI is InChI=1S/C41H29N5/c1-41(2)34-22-28(36-33-21-27-15-9-10-16-30(27)37(33)43-24-42-36)17-19-31(34)32-20-18-29(23-35(32)41)40-45-38(25-11-5-3-6-12-25)44-39(46-40)26-13-7-4-8-14-26/h3-20,22-24H,21H2,1-2H3. The van der Waals surface area contributed by atoms with E-state index in [2.05, 4.69) is 79.5 Å². The molecule has 46 heavy (non-hydrogen) atoms. The summed E-state index contributed by atoms with van der Waals surface area (Å²) < 4.78 is 0. The molecule has 0 atom stereocenters. The Morgan fingerprint density at radius 3 is 1.65 bits per heavy atom. The topological polar surface area (TPSA) is 64.5 Å². The molecular weight excluding hydrogens is 562 g/mol. The Balaban J connectivity index is 1.14. The smallest absolute Gasteiger partial charge is 0.164 e. The Labute approximate surface area is 267 Å². The van der Waals surface area contributed by atoms with Crippen molar-refractivity contribution in [3.8, 4) is 67.8 Å². The van der Waals surface area contributed by atoms with Crippen LogP contribution >= 0.6 is 0 Å². The highest BCUT2D eigenvalue weighted by molar-refractivity contribution is 5.87. The first-order chi connectivity index (χ1) is 22.5. The van der Waals surface area contributed by atoms with Crippen molar-refractivity contribution in [2.45, 2.75) is 25.7 Å². The van der Waals surface area contributed by atoms with Gasteiger partial charge in [0.15, 0.2) is 17.5 Å². The van der Waals surface area contributed by atoms with Crippen LogP contribution in [0, 0.1) is 0 Å². The highest BCUT2D eigenvalue weighted by Gasteiger charge is 2.36. The van der Waals surface area contributed by atoms with Crippen molar-refractivity contribution in [1.82, 2.24) is 24.9 Å². The van der Waals surface area contributed by atoms with Gasteiger partial charge < -0.3 is 0 Å². The number of hydrogen-bond donors (Lipinski definition) is 0. The second kappa shape index (κ2) is 10.1. The molecule has 5 heteroatoms. The summed E-state index contributed by atoms with van der Waals surface area (Å²) >= 11 is 0. The van der Waals surface area contributed by atoms with E-state index >= 15 is 0 Å². The number of nitrogens with zero attached hydrogens (tertiary/aromatic N) is 5. The Kier molecular flexibility index (Phi) is 5.84. The molecule has 5 nitrogen and oxygen atoms in total. The molecular formula is C41H29N5. The van der Waals surface area contributed by atoms with Gasteiger partial charge in [0.05, 0.1) is 11.4 Å². The minimum atomic E-state index is -0.229. The SMILES string of the molecule is CC1(C)c2cc(-c3nc(-c4ccccc4)nc(-c4ccccc4)n3)ccc2-c2ccc(-c3ncnc4c3Cc3ccccc3-4)cc21. The first-order valence-corrected chi connectivity index (χ1v) is 15.6. The van der Waals surface area contributed by atoms with Crippen LogP contribution in [0.4, 0.5) is 0 Å². The molecule has 5 aromatic carbocycles. The molecule has 0 fully saturated rings. The van der Waals surface area contributed by atoms with Gasteiger partial charge in [-0.25, -0.2) is 24.9 Å². The van der Waals surface area contributed by atoms with Crippen LogP contribution in [0.2, 0.25) is 0 Å². The van der Waals surface area contributed by atoms with Gasteiger partial charge in [-0.2, -0.15) is 0 Å². The Morgan fingerprint density at radius 2 is 1.00 bits per heavy atom. The van der Waals surface area contributed by atoms with Crippen molar-refractivity contribution in [2.24, 2.45) is 0 Å². The molecule has 0 aliphatic heterocycles. The quantitative estimate of drug-likeness (QED) is 0.204. The minimum Gasteiger partial charge on any atom is -0.236 e. The first-order valence-electron chi connectivity index (χ1n) is 15.6. The molecule has 0 spiro atoms. The molecule has 7 aromatic rings. The summed E-state index contributed by atoms with van der Waals surface area (Å²) in [5.41, 5.74) is 14.7. The van der Waals surface area contributed by atoms with E-state index in [0.717, 1.165) is 40.1 Å². The van der Waals surface area contributed by atoms with Gasteiger partial charge in [0.1, 0.15) is 6.33 Å². The Hall–Kier alpha value is -5.81. The van der Waals surface area contributed by atoms with E-state index in [9.17, 15) is 0 Å². The number of hydrogen-bond acceptors (Lipinski definition) is 5. The van der Waals surface area contributed by atoms with Crippen LogP contribution in [0.3, 0.4) is 0 Å².